The molecule has 2 aromatic carbocycles. The molecule has 5 rings (SSSR count). The highest BCUT2D eigenvalue weighted by Crippen LogP contribution is 2.42. The standard InChI is InChI=1S/C23H25N3O6S/c1-31-17-6-7-18-20(12-17)33(29,30)14-19-21(23(27)28)24-26(22(18)19)16-4-2-15(3-5-16)13-25-8-10-32-11-9-25/h2-7,12,23,27-28H,8-11,13-14H2,1H3. The van der Waals surface area contributed by atoms with Crippen molar-refractivity contribution < 1.29 is 28.1 Å². The number of rotatable bonds is 5. The summed E-state index contributed by atoms with van der Waals surface area (Å²) in [6.07, 6.45) is -1.89. The maximum Gasteiger partial charge on any atom is 0.198 e. The number of hydrogen-bond acceptors (Lipinski definition) is 8. The first-order valence-corrected chi connectivity index (χ1v) is 12.3. The summed E-state index contributed by atoms with van der Waals surface area (Å²) in [6.45, 7) is 4.05. The van der Waals surface area contributed by atoms with Crippen LogP contribution in [0.2, 0.25) is 0 Å². The molecular formula is C23H25N3O6S. The van der Waals surface area contributed by atoms with E-state index in [1.165, 1.54) is 13.2 Å². The molecule has 0 aliphatic carbocycles. The van der Waals surface area contributed by atoms with E-state index in [-0.39, 0.29) is 16.3 Å². The topological polar surface area (TPSA) is 114 Å². The van der Waals surface area contributed by atoms with E-state index in [9.17, 15) is 18.6 Å². The summed E-state index contributed by atoms with van der Waals surface area (Å²) in [4.78, 5) is 2.46. The number of ether oxygens (including phenoxy) is 2. The Morgan fingerprint density at radius 1 is 1.12 bits per heavy atom. The van der Waals surface area contributed by atoms with Crippen LogP contribution in [0.5, 0.6) is 5.75 Å². The number of aliphatic hydroxyl groups is 2. The maximum absolute atomic E-state index is 13.0. The van der Waals surface area contributed by atoms with Gasteiger partial charge in [-0.1, -0.05) is 12.1 Å². The molecule has 2 aliphatic heterocycles. The van der Waals surface area contributed by atoms with Crippen LogP contribution in [0, 0.1) is 0 Å². The lowest BCUT2D eigenvalue weighted by Crippen LogP contribution is -2.35. The zero-order chi connectivity index (χ0) is 23.2. The summed E-state index contributed by atoms with van der Waals surface area (Å²) in [5, 5.41) is 24.2. The quantitative estimate of drug-likeness (QED) is 0.540. The molecule has 0 unspecified atom stereocenters. The number of morpholine rings is 1. The third-order valence-electron chi connectivity index (χ3n) is 6.06. The molecular weight excluding hydrogens is 446 g/mol. The highest BCUT2D eigenvalue weighted by atomic mass is 32.2. The summed E-state index contributed by atoms with van der Waals surface area (Å²) < 4.78 is 38.2. The number of nitrogens with zero attached hydrogens (tertiary/aromatic N) is 3. The first kappa shape index (κ1) is 22.1. The van der Waals surface area contributed by atoms with Crippen LogP contribution in [0.15, 0.2) is 47.4 Å². The maximum atomic E-state index is 13.0. The molecule has 10 heteroatoms. The minimum absolute atomic E-state index is 0.0626. The van der Waals surface area contributed by atoms with Crippen molar-refractivity contribution in [2.45, 2.75) is 23.5 Å². The molecule has 3 aromatic rings. The van der Waals surface area contributed by atoms with Gasteiger partial charge in [0.15, 0.2) is 16.1 Å². The third-order valence-corrected chi connectivity index (χ3v) is 7.74. The lowest BCUT2D eigenvalue weighted by atomic mass is 10.0. The van der Waals surface area contributed by atoms with Crippen molar-refractivity contribution in [3.8, 4) is 22.7 Å². The molecule has 1 fully saturated rings. The van der Waals surface area contributed by atoms with Crippen LogP contribution in [0.3, 0.4) is 0 Å². The van der Waals surface area contributed by atoms with E-state index in [4.69, 9.17) is 9.47 Å². The Bertz CT molecular complexity index is 1280. The molecule has 0 bridgehead atoms. The fourth-order valence-electron chi connectivity index (χ4n) is 4.39. The van der Waals surface area contributed by atoms with Gasteiger partial charge < -0.3 is 19.7 Å². The Morgan fingerprint density at radius 3 is 2.52 bits per heavy atom. The normalized spacial score (nSPS) is 17.6. The predicted molar refractivity (Wildman–Crippen MR) is 120 cm³/mol. The number of benzene rings is 2. The van der Waals surface area contributed by atoms with Crippen molar-refractivity contribution >= 4 is 9.84 Å². The predicted octanol–water partition coefficient (Wildman–Crippen LogP) is 1.65. The van der Waals surface area contributed by atoms with Gasteiger partial charge in [0.25, 0.3) is 0 Å². The Balaban J connectivity index is 1.58. The Hall–Kier alpha value is -2.76. The van der Waals surface area contributed by atoms with Gasteiger partial charge in [0.2, 0.25) is 0 Å². The van der Waals surface area contributed by atoms with Gasteiger partial charge in [0.1, 0.15) is 11.4 Å². The number of sulfone groups is 1. The highest BCUT2D eigenvalue weighted by molar-refractivity contribution is 7.90. The Morgan fingerprint density at radius 2 is 1.85 bits per heavy atom. The minimum atomic E-state index is -3.71. The van der Waals surface area contributed by atoms with Crippen molar-refractivity contribution in [3.63, 3.8) is 0 Å². The van der Waals surface area contributed by atoms with Crippen LogP contribution in [0.1, 0.15) is 23.1 Å². The molecule has 1 saturated heterocycles. The average molecular weight is 472 g/mol. The first-order valence-electron chi connectivity index (χ1n) is 10.7. The van der Waals surface area contributed by atoms with Crippen LogP contribution in [-0.2, 0) is 26.9 Å². The van der Waals surface area contributed by atoms with Crippen LogP contribution < -0.4 is 4.74 Å². The third kappa shape index (κ3) is 4.04. The second-order valence-electron chi connectivity index (χ2n) is 8.17. The van der Waals surface area contributed by atoms with Gasteiger partial charge in [-0.3, -0.25) is 4.90 Å². The van der Waals surface area contributed by atoms with E-state index in [1.807, 2.05) is 24.3 Å². The SMILES string of the molecule is COc1ccc2c(c1)S(=O)(=O)Cc1c(C(O)O)nn(-c3ccc(CN4CCOCC4)cc3)c1-2. The summed E-state index contributed by atoms with van der Waals surface area (Å²) in [6, 6.07) is 12.7. The fourth-order valence-corrected chi connectivity index (χ4v) is 6.01. The van der Waals surface area contributed by atoms with E-state index in [2.05, 4.69) is 10.00 Å². The smallest absolute Gasteiger partial charge is 0.198 e. The Kier molecular flexibility index (Phi) is 5.71. The molecule has 174 valence electrons. The zero-order valence-corrected chi connectivity index (χ0v) is 19.0. The summed E-state index contributed by atoms with van der Waals surface area (Å²) >= 11 is 0. The minimum Gasteiger partial charge on any atom is -0.497 e. The molecule has 9 nitrogen and oxygen atoms in total. The lowest BCUT2D eigenvalue weighted by molar-refractivity contribution is -0.0465. The van der Waals surface area contributed by atoms with Gasteiger partial charge >= 0.3 is 0 Å². The van der Waals surface area contributed by atoms with Crippen LogP contribution in [-0.4, -0.2) is 66.7 Å². The van der Waals surface area contributed by atoms with Crippen molar-refractivity contribution in [2.24, 2.45) is 0 Å². The van der Waals surface area contributed by atoms with Gasteiger partial charge in [-0.05, 0) is 35.9 Å². The summed E-state index contributed by atoms with van der Waals surface area (Å²) in [5.74, 6) is 0.0617. The summed E-state index contributed by atoms with van der Waals surface area (Å²) in [5.41, 5.74) is 3.05. The largest absolute Gasteiger partial charge is 0.497 e. The first-order chi connectivity index (χ1) is 15.9. The fraction of sp³-hybridized carbons (Fsp3) is 0.348. The van der Waals surface area contributed by atoms with Crippen molar-refractivity contribution in [1.29, 1.82) is 0 Å². The van der Waals surface area contributed by atoms with Gasteiger partial charge in [-0.15, -0.1) is 0 Å². The number of aliphatic hydroxyl groups excluding tert-OH is 1. The monoisotopic (exact) mass is 471 g/mol. The van der Waals surface area contributed by atoms with Crippen molar-refractivity contribution in [2.75, 3.05) is 33.4 Å². The second-order valence-corrected chi connectivity index (χ2v) is 10.1. The lowest BCUT2D eigenvalue weighted by Gasteiger charge is -2.26. The van der Waals surface area contributed by atoms with Gasteiger partial charge in [-0.2, -0.15) is 5.10 Å². The molecule has 2 aliphatic rings. The molecule has 0 saturated carbocycles. The highest BCUT2D eigenvalue weighted by Gasteiger charge is 2.36. The number of fused-ring (bicyclic) bond motifs is 3. The van der Waals surface area contributed by atoms with E-state index in [0.717, 1.165) is 38.4 Å². The second kappa shape index (κ2) is 8.54. The average Bonchev–Trinajstić information content (AvgIpc) is 3.19. The van der Waals surface area contributed by atoms with Gasteiger partial charge in [0, 0.05) is 30.8 Å². The molecule has 33 heavy (non-hydrogen) atoms. The molecule has 0 amide bonds. The van der Waals surface area contributed by atoms with E-state index >= 15 is 0 Å². The Labute approximate surface area is 191 Å². The molecule has 1 aromatic heterocycles. The zero-order valence-electron chi connectivity index (χ0n) is 18.1. The van der Waals surface area contributed by atoms with Crippen molar-refractivity contribution in [1.82, 2.24) is 14.7 Å². The van der Waals surface area contributed by atoms with E-state index in [0.29, 0.717) is 28.3 Å². The molecule has 3 heterocycles. The van der Waals surface area contributed by atoms with E-state index in [1.54, 1.807) is 16.8 Å². The molecule has 0 spiro atoms. The number of methoxy groups -OCH3 is 1. The number of aromatic nitrogens is 2. The van der Waals surface area contributed by atoms with Gasteiger partial charge in [-0.25, -0.2) is 13.1 Å². The number of hydrogen-bond donors (Lipinski definition) is 2. The van der Waals surface area contributed by atoms with Gasteiger partial charge in [0.05, 0.1) is 42.4 Å². The summed E-state index contributed by atoms with van der Waals surface area (Å²) in [7, 11) is -2.23. The van der Waals surface area contributed by atoms with Crippen LogP contribution >= 0.6 is 0 Å². The molecule has 2 N–H and O–H groups in total. The van der Waals surface area contributed by atoms with Crippen molar-refractivity contribution in [3.05, 3.63) is 59.3 Å². The molecule has 0 radical (unpaired) electrons. The van der Waals surface area contributed by atoms with Crippen LogP contribution in [0.4, 0.5) is 0 Å². The molecule has 0 atom stereocenters. The van der Waals surface area contributed by atoms with E-state index < -0.39 is 16.1 Å². The van der Waals surface area contributed by atoms with Crippen LogP contribution in [0.25, 0.3) is 16.9 Å².